The van der Waals surface area contributed by atoms with Crippen LogP contribution in [0.25, 0.3) is 0 Å². The van der Waals surface area contributed by atoms with E-state index in [1.165, 1.54) is 5.69 Å². The molecule has 3 nitrogen and oxygen atoms in total. The number of nitrogens with zero attached hydrogens (tertiary/aromatic N) is 2. The Morgan fingerprint density at radius 2 is 1.87 bits per heavy atom. The number of hydrogen-bond donors (Lipinski definition) is 0. The molecule has 0 amide bonds. The van der Waals surface area contributed by atoms with Crippen LogP contribution in [-0.4, -0.2) is 23.2 Å². The third kappa shape index (κ3) is 3.59. The van der Waals surface area contributed by atoms with E-state index in [1.807, 2.05) is 20.8 Å². The second-order valence-electron chi connectivity index (χ2n) is 3.47. The highest BCUT2D eigenvalue weighted by Gasteiger charge is 2.16. The predicted molar refractivity (Wildman–Crippen MR) is 60.9 cm³/mol. The molecule has 2 heterocycles. The van der Waals surface area contributed by atoms with E-state index in [-0.39, 0.29) is 0 Å². The minimum Gasteiger partial charge on any atom is -0.381 e. The van der Waals surface area contributed by atoms with Gasteiger partial charge in [0.05, 0.1) is 0 Å². The highest BCUT2D eigenvalue weighted by Crippen LogP contribution is 2.24. The van der Waals surface area contributed by atoms with Gasteiger partial charge in [-0.05, 0) is 25.8 Å². The fourth-order valence-corrected chi connectivity index (χ4v) is 1.69. The normalized spacial score (nSPS) is 16.7. The fourth-order valence-electron chi connectivity index (χ4n) is 1.69. The molecule has 0 bridgehead atoms. The first-order valence-electron chi connectivity index (χ1n) is 5.72. The van der Waals surface area contributed by atoms with Gasteiger partial charge in [-0.3, -0.25) is 0 Å². The van der Waals surface area contributed by atoms with Crippen molar-refractivity contribution < 1.29 is 4.74 Å². The van der Waals surface area contributed by atoms with Crippen molar-refractivity contribution in [3.63, 3.8) is 0 Å². The zero-order chi connectivity index (χ0) is 11.1. The Morgan fingerprint density at radius 1 is 1.20 bits per heavy atom. The lowest BCUT2D eigenvalue weighted by Gasteiger charge is -2.21. The van der Waals surface area contributed by atoms with Crippen LogP contribution in [0.15, 0.2) is 12.4 Å². The molecule has 0 aliphatic carbocycles. The van der Waals surface area contributed by atoms with Gasteiger partial charge in [-0.25, -0.2) is 9.97 Å². The second kappa shape index (κ2) is 6.51. The minimum absolute atomic E-state index is 0.579. The molecule has 1 aromatic rings. The predicted octanol–water partition coefficient (Wildman–Crippen LogP) is 2.71. The molecule has 1 aliphatic heterocycles. The Labute approximate surface area is 91.9 Å². The molecular formula is C12H20N2O. The van der Waals surface area contributed by atoms with Crippen LogP contribution in [-0.2, 0) is 4.74 Å². The summed E-state index contributed by atoms with van der Waals surface area (Å²) in [5.41, 5.74) is 2.23. The van der Waals surface area contributed by atoms with Gasteiger partial charge in [0.1, 0.15) is 6.33 Å². The van der Waals surface area contributed by atoms with E-state index in [0.29, 0.717) is 5.92 Å². The van der Waals surface area contributed by atoms with Crippen LogP contribution in [0.5, 0.6) is 0 Å². The van der Waals surface area contributed by atoms with Crippen LogP contribution in [0, 0.1) is 6.92 Å². The van der Waals surface area contributed by atoms with Gasteiger partial charge in [0, 0.05) is 30.5 Å². The van der Waals surface area contributed by atoms with Gasteiger partial charge in [0.25, 0.3) is 0 Å². The summed E-state index contributed by atoms with van der Waals surface area (Å²) in [6, 6.07) is 2.08. The molecule has 0 spiro atoms. The summed E-state index contributed by atoms with van der Waals surface area (Å²) >= 11 is 0. The maximum Gasteiger partial charge on any atom is 0.115 e. The third-order valence-electron chi connectivity index (χ3n) is 2.46. The van der Waals surface area contributed by atoms with Crippen molar-refractivity contribution in [1.82, 2.24) is 9.97 Å². The number of aryl methyl sites for hydroxylation is 1. The van der Waals surface area contributed by atoms with Crippen LogP contribution in [0.3, 0.4) is 0 Å². The summed E-state index contributed by atoms with van der Waals surface area (Å²) in [5, 5.41) is 0. The molecule has 3 heteroatoms. The monoisotopic (exact) mass is 208 g/mol. The summed E-state index contributed by atoms with van der Waals surface area (Å²) in [6.45, 7) is 7.74. The maximum absolute atomic E-state index is 5.31. The molecule has 0 N–H and O–H groups in total. The quantitative estimate of drug-likeness (QED) is 0.711. The summed E-state index contributed by atoms with van der Waals surface area (Å²) in [7, 11) is 0. The lowest BCUT2D eigenvalue weighted by Crippen LogP contribution is -2.15. The molecule has 0 unspecified atom stereocenters. The van der Waals surface area contributed by atoms with E-state index >= 15 is 0 Å². The Balaban J connectivity index is 0.000000531. The van der Waals surface area contributed by atoms with Crippen molar-refractivity contribution in [2.24, 2.45) is 0 Å². The highest BCUT2D eigenvalue weighted by molar-refractivity contribution is 5.11. The average Bonchev–Trinajstić information content (AvgIpc) is 2.33. The first-order valence-corrected chi connectivity index (χ1v) is 5.72. The molecular weight excluding hydrogens is 188 g/mol. The number of hydrogen-bond acceptors (Lipinski definition) is 3. The zero-order valence-corrected chi connectivity index (χ0v) is 9.86. The summed E-state index contributed by atoms with van der Waals surface area (Å²) < 4.78 is 5.31. The van der Waals surface area contributed by atoms with Gasteiger partial charge in [0.2, 0.25) is 0 Å². The molecule has 0 atom stereocenters. The van der Waals surface area contributed by atoms with Crippen molar-refractivity contribution in [2.75, 3.05) is 13.2 Å². The van der Waals surface area contributed by atoms with Crippen molar-refractivity contribution >= 4 is 0 Å². The zero-order valence-electron chi connectivity index (χ0n) is 9.86. The van der Waals surface area contributed by atoms with E-state index in [2.05, 4.69) is 16.0 Å². The molecule has 1 fully saturated rings. The average molecular weight is 208 g/mol. The van der Waals surface area contributed by atoms with Crippen LogP contribution in [0.4, 0.5) is 0 Å². The van der Waals surface area contributed by atoms with Crippen molar-refractivity contribution in [3.8, 4) is 0 Å². The standard InChI is InChI=1S/C10H14N2O.C2H6/c1-8-6-10(12-7-11-8)9-2-4-13-5-3-9;1-2/h6-7,9H,2-5H2,1H3;1-2H3. The van der Waals surface area contributed by atoms with Gasteiger partial charge in [-0.15, -0.1) is 0 Å². The van der Waals surface area contributed by atoms with Crippen LogP contribution < -0.4 is 0 Å². The first-order chi connectivity index (χ1) is 7.36. The SMILES string of the molecule is CC.Cc1cc(C2CCOCC2)ncn1. The molecule has 0 saturated carbocycles. The third-order valence-corrected chi connectivity index (χ3v) is 2.46. The van der Waals surface area contributed by atoms with E-state index in [9.17, 15) is 0 Å². The lowest BCUT2D eigenvalue weighted by atomic mass is 9.96. The van der Waals surface area contributed by atoms with Gasteiger partial charge < -0.3 is 4.74 Å². The molecule has 1 saturated heterocycles. The summed E-state index contributed by atoms with van der Waals surface area (Å²) in [5.74, 6) is 0.579. The number of aromatic nitrogens is 2. The Bertz CT molecular complexity index is 283. The topological polar surface area (TPSA) is 35.0 Å². The molecule has 1 aromatic heterocycles. The van der Waals surface area contributed by atoms with Gasteiger partial charge in [0.15, 0.2) is 0 Å². The minimum atomic E-state index is 0.579. The van der Waals surface area contributed by atoms with Crippen molar-refractivity contribution in [2.45, 2.75) is 39.5 Å². The number of rotatable bonds is 1. The van der Waals surface area contributed by atoms with E-state index in [0.717, 1.165) is 31.7 Å². The molecule has 15 heavy (non-hydrogen) atoms. The molecule has 84 valence electrons. The molecule has 0 aromatic carbocycles. The van der Waals surface area contributed by atoms with E-state index in [4.69, 9.17) is 4.74 Å². The number of ether oxygens (including phenoxy) is 1. The van der Waals surface area contributed by atoms with E-state index < -0.39 is 0 Å². The largest absolute Gasteiger partial charge is 0.381 e. The van der Waals surface area contributed by atoms with Gasteiger partial charge in [-0.2, -0.15) is 0 Å². The summed E-state index contributed by atoms with van der Waals surface area (Å²) in [4.78, 5) is 8.39. The highest BCUT2D eigenvalue weighted by atomic mass is 16.5. The molecule has 2 rings (SSSR count). The Hall–Kier alpha value is -0.960. The van der Waals surface area contributed by atoms with Gasteiger partial charge in [-0.1, -0.05) is 13.8 Å². The fraction of sp³-hybridized carbons (Fsp3) is 0.667. The summed E-state index contributed by atoms with van der Waals surface area (Å²) in [6.07, 6.45) is 3.84. The van der Waals surface area contributed by atoms with Crippen molar-refractivity contribution in [3.05, 3.63) is 23.8 Å². The lowest BCUT2D eigenvalue weighted by molar-refractivity contribution is 0.0844. The Kier molecular flexibility index (Phi) is 5.26. The van der Waals surface area contributed by atoms with Crippen LogP contribution >= 0.6 is 0 Å². The maximum atomic E-state index is 5.31. The van der Waals surface area contributed by atoms with Crippen LogP contribution in [0.2, 0.25) is 0 Å². The Morgan fingerprint density at radius 3 is 2.47 bits per heavy atom. The molecule has 0 radical (unpaired) electrons. The van der Waals surface area contributed by atoms with Gasteiger partial charge >= 0.3 is 0 Å². The first kappa shape index (κ1) is 12.1. The smallest absolute Gasteiger partial charge is 0.115 e. The van der Waals surface area contributed by atoms with E-state index in [1.54, 1.807) is 6.33 Å². The molecule has 1 aliphatic rings. The van der Waals surface area contributed by atoms with Crippen LogP contribution in [0.1, 0.15) is 44.0 Å². The second-order valence-corrected chi connectivity index (χ2v) is 3.47. The van der Waals surface area contributed by atoms with Crippen molar-refractivity contribution in [1.29, 1.82) is 0 Å².